The predicted molar refractivity (Wildman–Crippen MR) is 150 cm³/mol. The molecule has 0 heterocycles. The second kappa shape index (κ2) is 23.5. The van der Waals surface area contributed by atoms with E-state index in [2.05, 4.69) is 9.47 Å². The Labute approximate surface area is 229 Å². The Balaban J connectivity index is 2.08. The third-order valence-electron chi connectivity index (χ3n) is 6.58. The van der Waals surface area contributed by atoms with Crippen molar-refractivity contribution < 1.29 is 33.3 Å². The third-order valence-corrected chi connectivity index (χ3v) is 6.58. The average Bonchev–Trinajstić information content (AvgIpc) is 2.93. The molecule has 0 aromatic heterocycles. The summed E-state index contributed by atoms with van der Waals surface area (Å²) in [5.74, 6) is 1.13. The van der Waals surface area contributed by atoms with Crippen molar-refractivity contribution in [2.24, 2.45) is 0 Å². The molecule has 0 aliphatic rings. The first-order valence-electron chi connectivity index (χ1n) is 14.6. The van der Waals surface area contributed by atoms with Crippen molar-refractivity contribution in [3.63, 3.8) is 0 Å². The first kappa shape index (κ1) is 33.5. The first-order valence-corrected chi connectivity index (χ1v) is 14.6. The summed E-state index contributed by atoms with van der Waals surface area (Å²) < 4.78 is 21.1. The van der Waals surface area contributed by atoms with Gasteiger partial charge in [-0.15, -0.1) is 0 Å². The van der Waals surface area contributed by atoms with Crippen molar-refractivity contribution in [2.75, 3.05) is 27.4 Å². The van der Waals surface area contributed by atoms with E-state index in [1.807, 2.05) is 6.07 Å². The summed E-state index contributed by atoms with van der Waals surface area (Å²) in [4.78, 5) is 33.5. The molecule has 1 rings (SSSR count). The van der Waals surface area contributed by atoms with Gasteiger partial charge in [-0.1, -0.05) is 77.0 Å². The van der Waals surface area contributed by atoms with Crippen LogP contribution in [0.15, 0.2) is 18.2 Å². The van der Waals surface area contributed by atoms with Crippen molar-refractivity contribution >= 4 is 18.2 Å². The highest BCUT2D eigenvalue weighted by molar-refractivity contribution is 5.76. The van der Waals surface area contributed by atoms with E-state index in [1.165, 1.54) is 52.7 Å². The van der Waals surface area contributed by atoms with Crippen LogP contribution in [0.25, 0.3) is 0 Å². The fourth-order valence-electron chi connectivity index (χ4n) is 4.28. The normalized spacial score (nSPS) is 10.7. The second-order valence-electron chi connectivity index (χ2n) is 9.86. The van der Waals surface area contributed by atoms with Gasteiger partial charge in [0.1, 0.15) is 17.8 Å². The van der Waals surface area contributed by atoms with Crippen LogP contribution < -0.4 is 9.47 Å². The van der Waals surface area contributed by atoms with Crippen LogP contribution in [0, 0.1) is 0 Å². The zero-order chi connectivity index (χ0) is 27.7. The van der Waals surface area contributed by atoms with Gasteiger partial charge in [-0.25, -0.2) is 0 Å². The van der Waals surface area contributed by atoms with Crippen molar-refractivity contribution in [1.29, 1.82) is 0 Å². The van der Waals surface area contributed by atoms with Gasteiger partial charge in [-0.3, -0.25) is 14.4 Å². The molecular formula is C31H50O7. The Bertz CT molecular complexity index is 706. The lowest BCUT2D eigenvalue weighted by Gasteiger charge is -2.11. The maximum atomic E-state index is 11.3. The van der Waals surface area contributed by atoms with E-state index in [-0.39, 0.29) is 11.9 Å². The van der Waals surface area contributed by atoms with E-state index >= 15 is 0 Å². The number of rotatable bonds is 25. The van der Waals surface area contributed by atoms with Crippen molar-refractivity contribution in [2.45, 2.75) is 116 Å². The highest BCUT2D eigenvalue weighted by Gasteiger charge is 2.04. The van der Waals surface area contributed by atoms with E-state index < -0.39 is 0 Å². The molecule has 0 aliphatic heterocycles. The van der Waals surface area contributed by atoms with E-state index in [4.69, 9.17) is 9.47 Å². The third kappa shape index (κ3) is 18.6. The van der Waals surface area contributed by atoms with Gasteiger partial charge in [-0.05, 0) is 37.8 Å². The number of carbonyl (C=O) groups excluding carboxylic acids is 3. The summed E-state index contributed by atoms with van der Waals surface area (Å²) in [7, 11) is 2.87. The smallest absolute Gasteiger partial charge is 0.305 e. The van der Waals surface area contributed by atoms with Crippen LogP contribution in [0.3, 0.4) is 0 Å². The zero-order valence-corrected chi connectivity index (χ0v) is 23.8. The molecule has 0 bridgehead atoms. The van der Waals surface area contributed by atoms with Crippen LogP contribution in [0.1, 0.15) is 126 Å². The topological polar surface area (TPSA) is 88.1 Å². The number of carbonyl (C=O) groups is 3. The van der Waals surface area contributed by atoms with Gasteiger partial charge in [0.05, 0.1) is 27.4 Å². The average molecular weight is 535 g/mol. The molecule has 0 N–H and O–H groups in total. The molecule has 0 fully saturated rings. The fourth-order valence-corrected chi connectivity index (χ4v) is 4.28. The molecule has 216 valence electrons. The highest BCUT2D eigenvalue weighted by Crippen LogP contribution is 2.23. The van der Waals surface area contributed by atoms with Gasteiger partial charge in [-0.2, -0.15) is 0 Å². The minimum Gasteiger partial charge on any atom is -0.493 e. The number of unbranched alkanes of at least 4 members (excludes halogenated alkanes) is 14. The summed E-state index contributed by atoms with van der Waals surface area (Å²) in [6, 6.07) is 5.40. The lowest BCUT2D eigenvalue weighted by atomic mass is 10.1. The van der Waals surface area contributed by atoms with Crippen LogP contribution in [-0.2, 0) is 19.1 Å². The molecular weight excluding hydrogens is 484 g/mol. The molecule has 0 atom stereocenters. The molecule has 0 unspecified atom stereocenters. The van der Waals surface area contributed by atoms with E-state index in [9.17, 15) is 14.4 Å². The Morgan fingerprint density at radius 1 is 0.553 bits per heavy atom. The number of hydrogen-bond donors (Lipinski definition) is 0. The lowest BCUT2D eigenvalue weighted by Crippen LogP contribution is -2.01. The molecule has 0 radical (unpaired) electrons. The molecule has 0 saturated carbocycles. The van der Waals surface area contributed by atoms with Crippen LogP contribution in [0.2, 0.25) is 0 Å². The number of benzene rings is 1. The minimum atomic E-state index is -0.119. The summed E-state index contributed by atoms with van der Waals surface area (Å²) >= 11 is 0. The molecule has 0 amide bonds. The summed E-state index contributed by atoms with van der Waals surface area (Å²) in [5.41, 5.74) is 0.567. The molecule has 0 aliphatic carbocycles. The van der Waals surface area contributed by atoms with Crippen molar-refractivity contribution in [3.8, 4) is 11.5 Å². The van der Waals surface area contributed by atoms with Gasteiger partial charge in [0.25, 0.3) is 0 Å². The van der Waals surface area contributed by atoms with E-state index in [1.54, 1.807) is 12.1 Å². The van der Waals surface area contributed by atoms with Crippen LogP contribution >= 0.6 is 0 Å². The minimum absolute atomic E-state index is 0.119. The van der Waals surface area contributed by atoms with Gasteiger partial charge >= 0.3 is 11.9 Å². The van der Waals surface area contributed by atoms with Gasteiger partial charge in [0.2, 0.25) is 0 Å². The zero-order valence-electron chi connectivity index (χ0n) is 23.8. The van der Waals surface area contributed by atoms with Crippen LogP contribution in [0.5, 0.6) is 11.5 Å². The Morgan fingerprint density at radius 2 is 0.895 bits per heavy atom. The number of hydrogen-bond acceptors (Lipinski definition) is 7. The Morgan fingerprint density at radius 3 is 1.24 bits per heavy atom. The van der Waals surface area contributed by atoms with Gasteiger partial charge in [0, 0.05) is 24.5 Å². The number of esters is 2. The van der Waals surface area contributed by atoms with Crippen molar-refractivity contribution in [3.05, 3.63) is 23.8 Å². The van der Waals surface area contributed by atoms with E-state index in [0.717, 1.165) is 70.5 Å². The Kier molecular flexibility index (Phi) is 20.7. The molecule has 1 aromatic carbocycles. The summed E-state index contributed by atoms with van der Waals surface area (Å²) in [6.07, 6.45) is 19.5. The van der Waals surface area contributed by atoms with Gasteiger partial charge < -0.3 is 18.9 Å². The maximum Gasteiger partial charge on any atom is 0.305 e. The standard InChI is InChI=1S/C31H50O7/c1-35-30(33)19-15-11-7-3-5-9-13-17-21-37-28-23-27(26-32)24-29(25-28)38-22-18-14-10-6-4-8-12-16-20-31(34)36-2/h23-26H,3-22H2,1-2H3. The number of methoxy groups -OCH3 is 2. The molecule has 7 nitrogen and oxygen atoms in total. The lowest BCUT2D eigenvalue weighted by molar-refractivity contribution is -0.141. The van der Waals surface area contributed by atoms with Gasteiger partial charge in [0.15, 0.2) is 0 Å². The quantitative estimate of drug-likeness (QED) is 0.0724. The first-order chi connectivity index (χ1) is 18.6. The number of aldehydes is 1. The maximum absolute atomic E-state index is 11.3. The fraction of sp³-hybridized carbons (Fsp3) is 0.710. The largest absolute Gasteiger partial charge is 0.493 e. The molecule has 0 spiro atoms. The molecule has 1 aromatic rings. The SMILES string of the molecule is COC(=O)CCCCCCCCCCOc1cc(C=O)cc(OCCCCCCCCCCC(=O)OC)c1. The van der Waals surface area contributed by atoms with E-state index in [0.29, 0.717) is 43.1 Å². The summed E-state index contributed by atoms with van der Waals surface area (Å²) in [5, 5.41) is 0. The molecule has 7 heteroatoms. The van der Waals surface area contributed by atoms with Crippen LogP contribution in [-0.4, -0.2) is 45.7 Å². The molecule has 38 heavy (non-hydrogen) atoms. The number of ether oxygens (including phenoxy) is 4. The molecule has 0 saturated heterocycles. The monoisotopic (exact) mass is 534 g/mol. The summed E-state index contributed by atoms with van der Waals surface area (Å²) in [6.45, 7) is 1.26. The van der Waals surface area contributed by atoms with Crippen LogP contribution in [0.4, 0.5) is 0 Å². The second-order valence-corrected chi connectivity index (χ2v) is 9.86. The van der Waals surface area contributed by atoms with Crippen molar-refractivity contribution in [1.82, 2.24) is 0 Å². The predicted octanol–water partition coefficient (Wildman–Crippen LogP) is 7.62. The highest BCUT2D eigenvalue weighted by atomic mass is 16.5. The Hall–Kier alpha value is -2.57.